The highest BCUT2D eigenvalue weighted by Gasteiger charge is 2.39. The maximum Gasteiger partial charge on any atom is 0.253 e. The molecule has 154 valence electrons. The van der Waals surface area contributed by atoms with E-state index in [4.69, 9.17) is 9.47 Å². The van der Waals surface area contributed by atoms with E-state index in [9.17, 15) is 9.59 Å². The number of piperidine rings is 1. The standard InChI is InChI=1S/C23H28N2O4/c1-23(22(27)24-15-17-5-9-19(28-2)10-6-17)13-4-14-25(16-23)21(26)18-7-11-20(29-3)12-8-18/h5-12H,4,13-16H2,1-3H3,(H,24,27). The molecule has 1 N–H and O–H groups in total. The summed E-state index contributed by atoms with van der Waals surface area (Å²) in [6.07, 6.45) is 1.56. The summed E-state index contributed by atoms with van der Waals surface area (Å²) in [5.74, 6) is 1.41. The SMILES string of the molecule is COc1ccc(CNC(=O)C2(C)CCCN(C(=O)c3ccc(OC)cc3)C2)cc1. The van der Waals surface area contributed by atoms with Gasteiger partial charge in [0.05, 0.1) is 19.6 Å². The molecule has 2 amide bonds. The summed E-state index contributed by atoms with van der Waals surface area (Å²) in [5.41, 5.74) is 1.01. The Bertz CT molecular complexity index is 848. The Morgan fingerprint density at radius 3 is 2.17 bits per heavy atom. The van der Waals surface area contributed by atoms with Crippen LogP contribution < -0.4 is 14.8 Å². The first kappa shape index (κ1) is 20.7. The van der Waals surface area contributed by atoms with Crippen LogP contribution >= 0.6 is 0 Å². The second-order valence-corrected chi connectivity index (χ2v) is 7.65. The summed E-state index contributed by atoms with van der Waals surface area (Å²) in [4.78, 5) is 27.6. The average Bonchev–Trinajstić information content (AvgIpc) is 2.77. The fraction of sp³-hybridized carbons (Fsp3) is 0.391. The van der Waals surface area contributed by atoms with Crippen LogP contribution in [0.4, 0.5) is 0 Å². The number of nitrogens with zero attached hydrogens (tertiary/aromatic N) is 1. The van der Waals surface area contributed by atoms with Crippen molar-refractivity contribution in [3.05, 3.63) is 59.7 Å². The van der Waals surface area contributed by atoms with Gasteiger partial charge in [0.25, 0.3) is 5.91 Å². The number of nitrogens with one attached hydrogen (secondary N) is 1. The van der Waals surface area contributed by atoms with E-state index < -0.39 is 5.41 Å². The third-order valence-corrected chi connectivity index (χ3v) is 5.48. The van der Waals surface area contributed by atoms with Gasteiger partial charge in [-0.25, -0.2) is 0 Å². The lowest BCUT2D eigenvalue weighted by atomic mass is 9.80. The maximum atomic E-state index is 12.9. The van der Waals surface area contributed by atoms with Gasteiger partial charge in [-0.15, -0.1) is 0 Å². The third-order valence-electron chi connectivity index (χ3n) is 5.48. The van der Waals surface area contributed by atoms with Crippen molar-refractivity contribution in [3.63, 3.8) is 0 Å². The van der Waals surface area contributed by atoms with Gasteiger partial charge < -0.3 is 19.7 Å². The highest BCUT2D eigenvalue weighted by molar-refractivity contribution is 5.95. The van der Waals surface area contributed by atoms with Gasteiger partial charge in [0, 0.05) is 25.2 Å². The Balaban J connectivity index is 1.62. The van der Waals surface area contributed by atoms with Gasteiger partial charge >= 0.3 is 0 Å². The molecule has 29 heavy (non-hydrogen) atoms. The molecule has 3 rings (SSSR count). The summed E-state index contributed by atoms with van der Waals surface area (Å²) in [7, 11) is 3.22. The first-order valence-corrected chi connectivity index (χ1v) is 9.80. The van der Waals surface area contributed by atoms with Crippen molar-refractivity contribution < 1.29 is 19.1 Å². The second kappa shape index (κ2) is 8.99. The van der Waals surface area contributed by atoms with E-state index in [-0.39, 0.29) is 11.8 Å². The molecule has 1 aliphatic rings. The zero-order valence-electron chi connectivity index (χ0n) is 17.2. The Hall–Kier alpha value is -3.02. The lowest BCUT2D eigenvalue weighted by Crippen LogP contribution is -2.51. The molecular formula is C23H28N2O4. The van der Waals surface area contributed by atoms with Gasteiger partial charge in [0.1, 0.15) is 11.5 Å². The van der Waals surface area contributed by atoms with Crippen LogP contribution in [0.3, 0.4) is 0 Å². The molecule has 6 nitrogen and oxygen atoms in total. The molecule has 1 fully saturated rings. The molecule has 2 aromatic rings. The van der Waals surface area contributed by atoms with Gasteiger partial charge in [0.15, 0.2) is 0 Å². The minimum absolute atomic E-state index is 0.0273. The Labute approximate surface area is 171 Å². The number of ether oxygens (including phenoxy) is 2. The van der Waals surface area contributed by atoms with Crippen LogP contribution in [-0.4, -0.2) is 44.0 Å². The third kappa shape index (κ3) is 4.88. The zero-order chi connectivity index (χ0) is 20.9. The van der Waals surface area contributed by atoms with Crippen LogP contribution in [0.5, 0.6) is 11.5 Å². The quantitative estimate of drug-likeness (QED) is 0.814. The fourth-order valence-corrected chi connectivity index (χ4v) is 3.65. The number of hydrogen-bond acceptors (Lipinski definition) is 4. The van der Waals surface area contributed by atoms with Crippen LogP contribution in [0.15, 0.2) is 48.5 Å². The molecule has 0 saturated carbocycles. The van der Waals surface area contributed by atoms with Crippen LogP contribution in [0.1, 0.15) is 35.7 Å². The first-order chi connectivity index (χ1) is 13.9. The van der Waals surface area contributed by atoms with E-state index in [0.29, 0.717) is 30.9 Å². The lowest BCUT2D eigenvalue weighted by Gasteiger charge is -2.39. The number of amides is 2. The molecule has 0 radical (unpaired) electrons. The number of hydrogen-bond donors (Lipinski definition) is 1. The summed E-state index contributed by atoms with van der Waals surface area (Å²) in [6, 6.07) is 14.7. The molecule has 1 heterocycles. The van der Waals surface area contributed by atoms with Gasteiger partial charge in [-0.1, -0.05) is 12.1 Å². The van der Waals surface area contributed by atoms with E-state index in [1.54, 1.807) is 43.4 Å². The lowest BCUT2D eigenvalue weighted by molar-refractivity contribution is -0.132. The second-order valence-electron chi connectivity index (χ2n) is 7.65. The Morgan fingerprint density at radius 1 is 1.00 bits per heavy atom. The van der Waals surface area contributed by atoms with Crippen molar-refractivity contribution in [2.24, 2.45) is 5.41 Å². The predicted octanol–water partition coefficient (Wildman–Crippen LogP) is 3.26. The van der Waals surface area contributed by atoms with Crippen LogP contribution in [0.25, 0.3) is 0 Å². The predicted molar refractivity (Wildman–Crippen MR) is 111 cm³/mol. The highest BCUT2D eigenvalue weighted by Crippen LogP contribution is 2.31. The molecule has 0 spiro atoms. The molecular weight excluding hydrogens is 368 g/mol. The largest absolute Gasteiger partial charge is 0.497 e. The number of methoxy groups -OCH3 is 2. The van der Waals surface area contributed by atoms with E-state index >= 15 is 0 Å². The number of rotatable bonds is 6. The number of carbonyl (C=O) groups excluding carboxylic acids is 2. The normalized spacial score (nSPS) is 18.8. The van der Waals surface area contributed by atoms with Crippen molar-refractivity contribution in [1.29, 1.82) is 0 Å². The molecule has 0 aromatic heterocycles. The van der Waals surface area contributed by atoms with Crippen molar-refractivity contribution in [3.8, 4) is 11.5 Å². The molecule has 1 saturated heterocycles. The first-order valence-electron chi connectivity index (χ1n) is 9.80. The van der Waals surface area contributed by atoms with E-state index in [1.807, 2.05) is 31.2 Å². The highest BCUT2D eigenvalue weighted by atomic mass is 16.5. The summed E-state index contributed by atoms with van der Waals surface area (Å²) >= 11 is 0. The zero-order valence-corrected chi connectivity index (χ0v) is 17.2. The number of carbonyl (C=O) groups is 2. The van der Waals surface area contributed by atoms with Crippen LogP contribution in [-0.2, 0) is 11.3 Å². The smallest absolute Gasteiger partial charge is 0.253 e. The molecule has 6 heteroatoms. The van der Waals surface area contributed by atoms with E-state index in [0.717, 1.165) is 24.2 Å². The minimum atomic E-state index is -0.604. The topological polar surface area (TPSA) is 67.9 Å². The van der Waals surface area contributed by atoms with Crippen molar-refractivity contribution in [1.82, 2.24) is 10.2 Å². The van der Waals surface area contributed by atoms with Crippen LogP contribution in [0, 0.1) is 5.41 Å². The van der Waals surface area contributed by atoms with E-state index in [2.05, 4.69) is 5.32 Å². The molecule has 1 aliphatic heterocycles. The van der Waals surface area contributed by atoms with Crippen LogP contribution in [0.2, 0.25) is 0 Å². The molecule has 0 bridgehead atoms. The van der Waals surface area contributed by atoms with E-state index in [1.165, 1.54) is 0 Å². The summed E-state index contributed by atoms with van der Waals surface area (Å²) < 4.78 is 10.3. The molecule has 1 unspecified atom stereocenters. The van der Waals surface area contributed by atoms with Gasteiger partial charge in [-0.2, -0.15) is 0 Å². The molecule has 2 aromatic carbocycles. The Morgan fingerprint density at radius 2 is 1.59 bits per heavy atom. The minimum Gasteiger partial charge on any atom is -0.497 e. The summed E-state index contributed by atoms with van der Waals surface area (Å²) in [5, 5.41) is 3.03. The van der Waals surface area contributed by atoms with Crippen molar-refractivity contribution >= 4 is 11.8 Å². The van der Waals surface area contributed by atoms with Crippen molar-refractivity contribution in [2.45, 2.75) is 26.3 Å². The maximum absolute atomic E-state index is 12.9. The number of benzene rings is 2. The molecule has 0 aliphatic carbocycles. The van der Waals surface area contributed by atoms with Gasteiger partial charge in [0.2, 0.25) is 5.91 Å². The van der Waals surface area contributed by atoms with Crippen molar-refractivity contribution in [2.75, 3.05) is 27.3 Å². The van der Waals surface area contributed by atoms with Gasteiger partial charge in [-0.3, -0.25) is 9.59 Å². The number of likely N-dealkylation sites (tertiary alicyclic amines) is 1. The average molecular weight is 396 g/mol. The Kier molecular flexibility index (Phi) is 6.42. The van der Waals surface area contributed by atoms with Gasteiger partial charge in [-0.05, 0) is 61.7 Å². The molecule has 1 atom stereocenters. The summed E-state index contributed by atoms with van der Waals surface area (Å²) in [6.45, 7) is 3.45. The monoisotopic (exact) mass is 396 g/mol. The fourth-order valence-electron chi connectivity index (χ4n) is 3.65.